The number of hydrogen-bond donors (Lipinski definition) is 2. The highest BCUT2D eigenvalue weighted by atomic mass is 16.4. The Hall–Kier alpha value is -2.92. The molecular weight excluding hydrogens is 294 g/mol. The summed E-state index contributed by atoms with van der Waals surface area (Å²) in [5.41, 5.74) is 10.3. The monoisotopic (exact) mass is 313 g/mol. The van der Waals surface area contributed by atoms with Gasteiger partial charge in [-0.15, -0.1) is 0 Å². The predicted molar refractivity (Wildman–Crippen MR) is 87.9 cm³/mol. The van der Waals surface area contributed by atoms with Gasteiger partial charge in [0.25, 0.3) is 5.91 Å². The van der Waals surface area contributed by atoms with Crippen molar-refractivity contribution < 1.29 is 9.21 Å². The smallest absolute Gasteiger partial charge is 0.287 e. The van der Waals surface area contributed by atoms with Gasteiger partial charge < -0.3 is 15.1 Å². The van der Waals surface area contributed by atoms with Crippen molar-refractivity contribution in [2.45, 2.75) is 33.0 Å². The Morgan fingerprint density at radius 3 is 2.65 bits per heavy atom. The van der Waals surface area contributed by atoms with Crippen molar-refractivity contribution in [3.05, 3.63) is 63.9 Å². The van der Waals surface area contributed by atoms with Crippen LogP contribution in [0.3, 0.4) is 0 Å². The molecule has 0 unspecified atom stereocenters. The predicted octanol–water partition coefficient (Wildman–Crippen LogP) is 3.84. The zero-order valence-electron chi connectivity index (χ0n) is 13.1. The van der Waals surface area contributed by atoms with Gasteiger partial charge in [-0.2, -0.15) is 0 Å². The maximum Gasteiger partial charge on any atom is 0.287 e. The van der Waals surface area contributed by atoms with E-state index in [9.17, 15) is 4.79 Å². The SMILES string of the molecule is CC(C)Nc1ccc(CNC(=O)c2ccc(CN=[N+]=[N-])o2)cc1. The minimum Gasteiger partial charge on any atom is -0.456 e. The quantitative estimate of drug-likeness (QED) is 0.461. The molecule has 7 nitrogen and oxygen atoms in total. The second-order valence-electron chi connectivity index (χ2n) is 5.33. The minimum absolute atomic E-state index is 0.0914. The number of benzene rings is 1. The van der Waals surface area contributed by atoms with Crippen LogP contribution in [-0.2, 0) is 13.1 Å². The molecule has 120 valence electrons. The van der Waals surface area contributed by atoms with Crippen LogP contribution in [0.5, 0.6) is 0 Å². The van der Waals surface area contributed by atoms with E-state index in [0.717, 1.165) is 11.3 Å². The maximum absolute atomic E-state index is 12.0. The lowest BCUT2D eigenvalue weighted by Crippen LogP contribution is -2.22. The van der Waals surface area contributed by atoms with Gasteiger partial charge in [0.05, 0.1) is 6.54 Å². The number of rotatable bonds is 7. The molecule has 0 saturated heterocycles. The molecule has 1 heterocycles. The van der Waals surface area contributed by atoms with Gasteiger partial charge in [0.1, 0.15) is 5.76 Å². The van der Waals surface area contributed by atoms with E-state index >= 15 is 0 Å². The largest absolute Gasteiger partial charge is 0.456 e. The summed E-state index contributed by atoms with van der Waals surface area (Å²) < 4.78 is 5.31. The summed E-state index contributed by atoms with van der Waals surface area (Å²) >= 11 is 0. The van der Waals surface area contributed by atoms with Gasteiger partial charge in [0.15, 0.2) is 5.76 Å². The Kier molecular flexibility index (Phi) is 5.66. The van der Waals surface area contributed by atoms with Crippen molar-refractivity contribution in [3.8, 4) is 0 Å². The van der Waals surface area contributed by atoms with Crippen molar-refractivity contribution in [2.75, 3.05) is 5.32 Å². The van der Waals surface area contributed by atoms with Crippen molar-refractivity contribution in [1.29, 1.82) is 0 Å². The first-order valence-electron chi connectivity index (χ1n) is 7.31. The normalized spacial score (nSPS) is 10.2. The Balaban J connectivity index is 1.88. The first-order chi connectivity index (χ1) is 11.1. The van der Waals surface area contributed by atoms with Gasteiger partial charge in [-0.25, -0.2) is 0 Å². The zero-order chi connectivity index (χ0) is 16.7. The summed E-state index contributed by atoms with van der Waals surface area (Å²) in [5, 5.41) is 9.48. The molecule has 2 rings (SSSR count). The van der Waals surface area contributed by atoms with Gasteiger partial charge >= 0.3 is 0 Å². The standard InChI is InChI=1S/C16H19N5O2/c1-11(2)20-13-5-3-12(4-6-13)9-18-16(22)15-8-7-14(23-15)10-19-21-17/h3-8,11,20H,9-10H2,1-2H3,(H,18,22). The fraction of sp³-hybridized carbons (Fsp3) is 0.312. The van der Waals surface area contributed by atoms with Crippen LogP contribution in [0.1, 0.15) is 35.7 Å². The first kappa shape index (κ1) is 16.5. The van der Waals surface area contributed by atoms with Crippen LogP contribution in [0.4, 0.5) is 5.69 Å². The van der Waals surface area contributed by atoms with Gasteiger partial charge in [-0.05, 0) is 49.2 Å². The molecule has 0 fully saturated rings. The number of nitrogens with one attached hydrogen (secondary N) is 2. The highest BCUT2D eigenvalue weighted by Crippen LogP contribution is 2.12. The molecule has 0 spiro atoms. The van der Waals surface area contributed by atoms with Crippen LogP contribution in [0.15, 0.2) is 45.9 Å². The molecule has 0 saturated carbocycles. The highest BCUT2D eigenvalue weighted by molar-refractivity contribution is 5.91. The fourth-order valence-corrected chi connectivity index (χ4v) is 2.01. The molecule has 0 aliphatic carbocycles. The molecule has 1 aromatic carbocycles. The maximum atomic E-state index is 12.0. The van der Waals surface area contributed by atoms with Crippen molar-refractivity contribution >= 4 is 11.6 Å². The Bertz CT molecular complexity index is 700. The third-order valence-corrected chi connectivity index (χ3v) is 3.04. The highest BCUT2D eigenvalue weighted by Gasteiger charge is 2.10. The molecule has 0 radical (unpaired) electrons. The van der Waals surface area contributed by atoms with Gasteiger partial charge in [0, 0.05) is 23.2 Å². The van der Waals surface area contributed by atoms with Gasteiger partial charge in [-0.3, -0.25) is 4.79 Å². The number of azide groups is 1. The summed E-state index contributed by atoms with van der Waals surface area (Å²) in [5.74, 6) is 0.352. The van der Waals surface area contributed by atoms with Gasteiger partial charge in [-0.1, -0.05) is 17.2 Å². The number of nitrogens with zero attached hydrogens (tertiary/aromatic N) is 3. The number of hydrogen-bond acceptors (Lipinski definition) is 4. The fourth-order valence-electron chi connectivity index (χ4n) is 2.01. The molecular formula is C16H19N5O2. The molecule has 1 aromatic heterocycles. The second kappa shape index (κ2) is 7.91. The lowest BCUT2D eigenvalue weighted by atomic mass is 10.2. The van der Waals surface area contributed by atoms with E-state index in [1.165, 1.54) is 0 Å². The van der Waals surface area contributed by atoms with Crippen molar-refractivity contribution in [1.82, 2.24) is 5.32 Å². The summed E-state index contributed by atoms with van der Waals surface area (Å²) in [7, 11) is 0. The van der Waals surface area contributed by atoms with E-state index < -0.39 is 0 Å². The molecule has 2 N–H and O–H groups in total. The average Bonchev–Trinajstić information content (AvgIpc) is 3.00. The summed E-state index contributed by atoms with van der Waals surface area (Å²) in [4.78, 5) is 14.6. The van der Waals surface area contributed by atoms with Crippen LogP contribution >= 0.6 is 0 Å². The molecule has 1 amide bonds. The molecule has 7 heteroatoms. The van der Waals surface area contributed by atoms with Crippen LogP contribution in [-0.4, -0.2) is 11.9 Å². The van der Waals surface area contributed by atoms with E-state index in [2.05, 4.69) is 34.5 Å². The first-order valence-corrected chi connectivity index (χ1v) is 7.31. The van der Waals surface area contributed by atoms with Crippen LogP contribution < -0.4 is 10.6 Å². The van der Waals surface area contributed by atoms with E-state index in [0.29, 0.717) is 18.3 Å². The molecule has 2 aromatic rings. The lowest BCUT2D eigenvalue weighted by molar-refractivity contribution is 0.0921. The lowest BCUT2D eigenvalue weighted by Gasteiger charge is -2.10. The number of carbonyl (C=O) groups excluding carboxylic acids is 1. The van der Waals surface area contributed by atoms with Crippen molar-refractivity contribution in [3.63, 3.8) is 0 Å². The molecule has 23 heavy (non-hydrogen) atoms. The number of carbonyl (C=O) groups is 1. The average molecular weight is 313 g/mol. The third kappa shape index (κ3) is 5.09. The molecule has 0 bridgehead atoms. The van der Waals surface area contributed by atoms with E-state index in [-0.39, 0.29) is 18.2 Å². The summed E-state index contributed by atoms with van der Waals surface area (Å²) in [6, 6.07) is 11.4. The second-order valence-corrected chi connectivity index (χ2v) is 5.33. The van der Waals surface area contributed by atoms with Crippen LogP contribution in [0, 0.1) is 0 Å². The minimum atomic E-state index is -0.304. The molecule has 0 aliphatic heterocycles. The van der Waals surface area contributed by atoms with E-state index in [1.807, 2.05) is 24.3 Å². The topological polar surface area (TPSA) is 103 Å². The number of furan rings is 1. The summed E-state index contributed by atoms with van der Waals surface area (Å²) in [6.45, 7) is 4.66. The van der Waals surface area contributed by atoms with E-state index in [4.69, 9.17) is 9.95 Å². The van der Waals surface area contributed by atoms with E-state index in [1.54, 1.807) is 12.1 Å². The Morgan fingerprint density at radius 2 is 2.00 bits per heavy atom. The Labute approximate surface area is 134 Å². The Morgan fingerprint density at radius 1 is 1.26 bits per heavy atom. The molecule has 0 aliphatic rings. The van der Waals surface area contributed by atoms with Crippen molar-refractivity contribution in [2.24, 2.45) is 5.11 Å². The number of amides is 1. The molecule has 0 atom stereocenters. The van der Waals surface area contributed by atoms with Crippen LogP contribution in [0.2, 0.25) is 0 Å². The van der Waals surface area contributed by atoms with Crippen LogP contribution in [0.25, 0.3) is 10.4 Å². The summed E-state index contributed by atoms with van der Waals surface area (Å²) in [6.07, 6.45) is 0. The third-order valence-electron chi connectivity index (χ3n) is 3.04. The number of anilines is 1. The van der Waals surface area contributed by atoms with Gasteiger partial charge in [0.2, 0.25) is 0 Å². The zero-order valence-corrected chi connectivity index (χ0v) is 13.1.